The smallest absolute Gasteiger partial charge is 0.252 e. The van der Waals surface area contributed by atoms with Gasteiger partial charge in [-0.3, -0.25) is 0 Å². The molecule has 0 saturated carbocycles. The van der Waals surface area contributed by atoms with Gasteiger partial charge in [0.2, 0.25) is 0 Å². The largest absolute Gasteiger partial charge is 0.456 e. The molecule has 3 heterocycles. The maximum atomic E-state index is 7.23. The zero-order chi connectivity index (χ0) is 63.5. The Bertz CT molecular complexity index is 4330. The predicted octanol–water partition coefficient (Wildman–Crippen LogP) is 22.1. The zero-order valence-corrected chi connectivity index (χ0v) is 57.8. The van der Waals surface area contributed by atoms with Crippen molar-refractivity contribution < 1.29 is 4.42 Å². The fraction of sp³-hybridized carbons (Fsp3) is 0.429. The van der Waals surface area contributed by atoms with Crippen LogP contribution in [0.5, 0.6) is 0 Å². The number of anilines is 9. The van der Waals surface area contributed by atoms with Crippen LogP contribution in [0, 0.1) is 0 Å². The minimum absolute atomic E-state index is 0.00550. The summed E-state index contributed by atoms with van der Waals surface area (Å²) in [7, 11) is 0. The zero-order valence-electron chi connectivity index (χ0n) is 57.8. The second-order valence-electron chi connectivity index (χ2n) is 35.1. The first-order valence-corrected chi connectivity index (χ1v) is 33.7. The lowest BCUT2D eigenvalue weighted by Gasteiger charge is -2.49. The van der Waals surface area contributed by atoms with E-state index in [1.165, 1.54) is 101 Å². The van der Waals surface area contributed by atoms with Crippen molar-refractivity contribution in [3.8, 4) is 0 Å². The highest BCUT2D eigenvalue weighted by Gasteiger charge is 2.50. The van der Waals surface area contributed by atoms with Crippen LogP contribution >= 0.6 is 0 Å². The van der Waals surface area contributed by atoms with Gasteiger partial charge in [0.25, 0.3) is 6.71 Å². The molecular weight excluding hydrogens is 1080 g/mol. The van der Waals surface area contributed by atoms with Crippen molar-refractivity contribution in [1.29, 1.82) is 0 Å². The number of rotatable bonds is 5. The first-order chi connectivity index (χ1) is 41.5. The number of benzene rings is 8. The predicted molar refractivity (Wildman–Crippen MR) is 384 cm³/mol. The topological polar surface area (TPSA) is 22.9 Å². The highest BCUT2D eigenvalue weighted by molar-refractivity contribution is 7.00. The van der Waals surface area contributed by atoms with Crippen molar-refractivity contribution in [1.82, 2.24) is 0 Å². The van der Waals surface area contributed by atoms with Crippen LogP contribution in [-0.4, -0.2) is 6.71 Å². The Labute approximate surface area is 534 Å². The molecule has 2 aliphatic heterocycles. The van der Waals surface area contributed by atoms with E-state index < -0.39 is 0 Å². The van der Waals surface area contributed by atoms with Gasteiger partial charge in [0.1, 0.15) is 11.2 Å². The van der Waals surface area contributed by atoms with Gasteiger partial charge < -0.3 is 19.1 Å². The van der Waals surface area contributed by atoms with Crippen LogP contribution in [0.4, 0.5) is 51.2 Å². The van der Waals surface area contributed by atoms with Crippen molar-refractivity contribution in [3.05, 3.63) is 190 Å². The molecule has 0 unspecified atom stereocenters. The van der Waals surface area contributed by atoms with Crippen molar-refractivity contribution >= 4 is 96.2 Å². The molecule has 4 nitrogen and oxygen atoms in total. The van der Waals surface area contributed by atoms with Crippen molar-refractivity contribution in [3.63, 3.8) is 0 Å². The molecule has 0 amide bonds. The van der Waals surface area contributed by atoms with Gasteiger partial charge in [-0.1, -0.05) is 206 Å². The van der Waals surface area contributed by atoms with Gasteiger partial charge in [-0.05, 0) is 227 Å². The third-order valence-electron chi connectivity index (χ3n) is 22.8. The molecule has 0 radical (unpaired) electrons. The van der Waals surface area contributed by atoms with Crippen LogP contribution in [0.3, 0.4) is 0 Å². The summed E-state index contributed by atoms with van der Waals surface area (Å²) in [5.41, 5.74) is 29.1. The molecule has 1 aromatic heterocycles. The van der Waals surface area contributed by atoms with Gasteiger partial charge in [-0.25, -0.2) is 0 Å². The Balaban J connectivity index is 1.18. The van der Waals surface area contributed by atoms with Crippen molar-refractivity contribution in [2.75, 3.05) is 14.7 Å². The minimum Gasteiger partial charge on any atom is -0.456 e. The van der Waals surface area contributed by atoms with E-state index in [0.29, 0.717) is 0 Å². The summed E-state index contributed by atoms with van der Waals surface area (Å²) < 4.78 is 7.23. The van der Waals surface area contributed by atoms with E-state index in [1.54, 1.807) is 0 Å². The molecule has 0 fully saturated rings. The minimum atomic E-state index is -0.331. The second kappa shape index (κ2) is 19.3. The third-order valence-corrected chi connectivity index (χ3v) is 22.8. The van der Waals surface area contributed by atoms with Crippen LogP contribution in [0.15, 0.2) is 144 Å². The SMILES string of the molecule is CC(C)(C)c1ccc(N(c2ccc(C(C)(C)C)cc2)c2cc3c4c(c2)N(c2ccc5c(oc6ccccc65)c2C(C)(C)C)c2cc5c(cc2B4c2cc4c(cc2N3c2ccc3c(c2)C(C)(C)CCC3(C)C)C(C)(C)CCC4(C)C)C(C)(C)CCC5(C)C)cc1. The average Bonchev–Trinajstić information content (AvgIpc) is 0.777. The van der Waals surface area contributed by atoms with Gasteiger partial charge in [-0.15, -0.1) is 0 Å². The molecule has 9 aromatic rings. The standard InChI is InChI=1S/C84H98BN3O/c1-76(2,3)51-26-30-53(31-27-51)86(54-32-28-52(29-33-54)77(4,5)6)56-45-70-74-71(46-56)88(67-37-35-58-57-24-22-23-25-72(57)89-75(58)73(67)78(7,8)9)69-50-64-62(82(16,17)41-43-84(64,20)21)48-66(69)85(74)65-47-61-63(83(18,19)42-40-81(61,14)15)49-68(65)87(70)55-34-36-59-60(44-55)80(12,13)39-38-79(59,10)11/h22-37,44-50H,38-43H2,1-21H3. The second-order valence-corrected chi connectivity index (χ2v) is 35.1. The van der Waals surface area contributed by atoms with Gasteiger partial charge in [0.05, 0.1) is 11.4 Å². The summed E-state index contributed by atoms with van der Waals surface area (Å²) in [6.07, 6.45) is 6.85. The molecular formula is C84H98BN3O. The highest BCUT2D eigenvalue weighted by Crippen LogP contribution is 2.57. The van der Waals surface area contributed by atoms with E-state index in [0.717, 1.165) is 76.8 Å². The lowest BCUT2D eigenvalue weighted by atomic mass is 9.32. The lowest BCUT2D eigenvalue weighted by Crippen LogP contribution is -2.62. The number of hydrogen-bond donors (Lipinski definition) is 0. The molecule has 8 aromatic carbocycles. The lowest BCUT2D eigenvalue weighted by molar-refractivity contribution is 0.332. The maximum Gasteiger partial charge on any atom is 0.252 e. The van der Waals surface area contributed by atoms with E-state index in [4.69, 9.17) is 4.42 Å². The van der Waals surface area contributed by atoms with Crippen LogP contribution < -0.4 is 31.1 Å². The Kier molecular flexibility index (Phi) is 12.9. The first kappa shape index (κ1) is 59.6. The summed E-state index contributed by atoms with van der Waals surface area (Å²) in [4.78, 5) is 8.07. The summed E-state index contributed by atoms with van der Waals surface area (Å²) in [5, 5.41) is 2.31. The fourth-order valence-corrected chi connectivity index (χ4v) is 16.8. The molecule has 0 atom stereocenters. The van der Waals surface area contributed by atoms with Crippen molar-refractivity contribution in [2.24, 2.45) is 0 Å². The molecule has 0 N–H and O–H groups in total. The van der Waals surface area contributed by atoms with E-state index >= 15 is 0 Å². The molecule has 89 heavy (non-hydrogen) atoms. The number of nitrogens with zero attached hydrogens (tertiary/aromatic N) is 3. The van der Waals surface area contributed by atoms with E-state index in [2.05, 4.69) is 300 Å². The Morgan fingerprint density at radius 3 is 1.27 bits per heavy atom. The van der Waals surface area contributed by atoms with E-state index in [9.17, 15) is 0 Å². The highest BCUT2D eigenvalue weighted by atomic mass is 16.3. The molecule has 458 valence electrons. The fourth-order valence-electron chi connectivity index (χ4n) is 16.8. The van der Waals surface area contributed by atoms with E-state index in [1.807, 2.05) is 0 Å². The number of fused-ring (bicyclic) bond motifs is 10. The summed E-state index contributed by atoms with van der Waals surface area (Å²) in [6.45, 7) is 51.0. The van der Waals surface area contributed by atoms with Crippen LogP contribution in [0.1, 0.15) is 234 Å². The number of furan rings is 1. The summed E-state index contributed by atoms with van der Waals surface area (Å²) in [6, 6.07) is 56.1. The third kappa shape index (κ3) is 9.32. The Morgan fingerprint density at radius 2 is 0.798 bits per heavy atom. The molecule has 0 bridgehead atoms. The van der Waals surface area contributed by atoms with Gasteiger partial charge in [-0.2, -0.15) is 0 Å². The van der Waals surface area contributed by atoms with Gasteiger partial charge in [0, 0.05) is 56.1 Å². The summed E-state index contributed by atoms with van der Waals surface area (Å²) >= 11 is 0. The Hall–Kier alpha value is -6.98. The monoisotopic (exact) mass is 1180 g/mol. The first-order valence-electron chi connectivity index (χ1n) is 33.7. The maximum absolute atomic E-state index is 7.23. The van der Waals surface area contributed by atoms with Crippen LogP contribution in [0.2, 0.25) is 0 Å². The Morgan fingerprint density at radius 1 is 0.371 bits per heavy atom. The van der Waals surface area contributed by atoms with E-state index in [-0.39, 0.29) is 55.4 Å². The molecule has 0 spiro atoms. The molecule has 3 aliphatic carbocycles. The number of hydrogen-bond acceptors (Lipinski definition) is 4. The summed E-state index contributed by atoms with van der Waals surface area (Å²) in [5.74, 6) is 0. The molecule has 0 saturated heterocycles. The van der Waals surface area contributed by atoms with Gasteiger partial charge >= 0.3 is 0 Å². The van der Waals surface area contributed by atoms with Crippen LogP contribution in [0.25, 0.3) is 21.9 Å². The van der Waals surface area contributed by atoms with Crippen molar-refractivity contribution in [2.45, 2.75) is 233 Å². The molecule has 5 heteroatoms. The molecule has 14 rings (SSSR count). The normalized spacial score (nSPS) is 19.0. The van der Waals surface area contributed by atoms with Gasteiger partial charge in [0.15, 0.2) is 0 Å². The quantitative estimate of drug-likeness (QED) is 0.160. The molecule has 5 aliphatic rings. The van der Waals surface area contributed by atoms with Crippen LogP contribution in [-0.2, 0) is 48.7 Å². The number of para-hydroxylation sites is 1. The average molecular weight is 1180 g/mol.